The number of hydrogen-bond acceptors (Lipinski definition) is 4. The van der Waals surface area contributed by atoms with Gasteiger partial charge in [0.2, 0.25) is 0 Å². The van der Waals surface area contributed by atoms with Crippen LogP contribution in [0.15, 0.2) is 52.6 Å². The zero-order chi connectivity index (χ0) is 15.5. The van der Waals surface area contributed by atoms with Crippen LogP contribution in [-0.4, -0.2) is 16.1 Å². The Kier molecular flexibility index (Phi) is 4.47. The number of carbonyl (C=O) groups is 1. The predicted octanol–water partition coefficient (Wildman–Crippen LogP) is 4.28. The highest BCUT2D eigenvalue weighted by atomic mass is 35.5. The molecule has 1 amide bonds. The normalized spacial score (nSPS) is 18.0. The maximum atomic E-state index is 12.0. The molecule has 3 rings (SSSR count). The summed E-state index contributed by atoms with van der Waals surface area (Å²) < 4.78 is 0. The monoisotopic (exact) mass is 349 g/mol. The highest BCUT2D eigenvalue weighted by Gasteiger charge is 2.24. The Morgan fingerprint density at radius 1 is 1.27 bits per heavy atom. The molecule has 0 spiro atoms. The number of nitrogens with one attached hydrogen (secondary N) is 1. The zero-order valence-electron chi connectivity index (χ0n) is 11.1. The lowest BCUT2D eigenvalue weighted by molar-refractivity contribution is -0.115. The van der Waals surface area contributed by atoms with Gasteiger partial charge < -0.3 is 5.32 Å². The van der Waals surface area contributed by atoms with Gasteiger partial charge >= 0.3 is 0 Å². The maximum absolute atomic E-state index is 12.0. The van der Waals surface area contributed by atoms with Gasteiger partial charge in [0.15, 0.2) is 5.17 Å². The lowest BCUT2D eigenvalue weighted by atomic mass is 10.2. The highest BCUT2D eigenvalue weighted by Crippen LogP contribution is 2.32. The second-order valence-electron chi connectivity index (χ2n) is 4.36. The van der Waals surface area contributed by atoms with Crippen molar-refractivity contribution in [2.75, 3.05) is 0 Å². The van der Waals surface area contributed by atoms with Crippen LogP contribution >= 0.6 is 35.0 Å². The summed E-state index contributed by atoms with van der Waals surface area (Å²) in [6.07, 6.45) is 5.13. The van der Waals surface area contributed by atoms with Gasteiger partial charge in [-0.15, -0.1) is 0 Å². The van der Waals surface area contributed by atoms with E-state index in [4.69, 9.17) is 23.2 Å². The van der Waals surface area contributed by atoms with Crippen molar-refractivity contribution >= 4 is 57.8 Å². The zero-order valence-corrected chi connectivity index (χ0v) is 13.4. The Labute approximate surface area is 141 Å². The van der Waals surface area contributed by atoms with Gasteiger partial charge in [-0.3, -0.25) is 9.78 Å². The molecule has 1 aromatic heterocycles. The van der Waals surface area contributed by atoms with Crippen molar-refractivity contribution < 1.29 is 4.79 Å². The quantitative estimate of drug-likeness (QED) is 0.823. The molecule has 110 valence electrons. The average molecular weight is 350 g/mol. The molecule has 2 aromatic rings. The maximum Gasteiger partial charge on any atom is 0.264 e. The Morgan fingerprint density at radius 3 is 2.86 bits per heavy atom. The van der Waals surface area contributed by atoms with Crippen LogP contribution in [0.2, 0.25) is 10.0 Å². The number of aliphatic imine (C=N–C) groups is 1. The second-order valence-corrected chi connectivity index (χ2v) is 6.24. The topological polar surface area (TPSA) is 54.4 Å². The number of thioether (sulfide) groups is 1. The van der Waals surface area contributed by atoms with Gasteiger partial charge in [-0.05, 0) is 47.7 Å². The van der Waals surface area contributed by atoms with Crippen LogP contribution in [0.4, 0.5) is 5.69 Å². The van der Waals surface area contributed by atoms with E-state index >= 15 is 0 Å². The Hall–Kier alpha value is -1.82. The van der Waals surface area contributed by atoms with E-state index in [2.05, 4.69) is 15.3 Å². The van der Waals surface area contributed by atoms with Crippen molar-refractivity contribution in [2.45, 2.75) is 0 Å². The van der Waals surface area contributed by atoms with Gasteiger partial charge in [0, 0.05) is 17.4 Å². The van der Waals surface area contributed by atoms with Gasteiger partial charge in [0.25, 0.3) is 5.91 Å². The molecule has 0 unspecified atom stereocenters. The third-order valence-electron chi connectivity index (χ3n) is 2.76. The van der Waals surface area contributed by atoms with Crippen molar-refractivity contribution in [3.8, 4) is 0 Å². The number of aromatic nitrogens is 1. The van der Waals surface area contributed by atoms with Crippen molar-refractivity contribution in [1.82, 2.24) is 10.3 Å². The van der Waals surface area contributed by atoms with Crippen LogP contribution in [0.25, 0.3) is 6.08 Å². The molecule has 0 bridgehead atoms. The summed E-state index contributed by atoms with van der Waals surface area (Å²) in [5.41, 5.74) is 1.41. The third kappa shape index (κ3) is 3.50. The summed E-state index contributed by atoms with van der Waals surface area (Å²) in [5.74, 6) is -0.197. The number of pyridine rings is 1. The molecule has 0 atom stereocenters. The molecule has 1 fully saturated rings. The minimum absolute atomic E-state index is 0.197. The molecule has 1 saturated heterocycles. The van der Waals surface area contributed by atoms with E-state index in [1.165, 1.54) is 11.8 Å². The molecule has 1 aliphatic rings. The Morgan fingerprint density at radius 2 is 2.14 bits per heavy atom. The smallest absolute Gasteiger partial charge is 0.264 e. The Bertz CT molecular complexity index is 791. The fourth-order valence-electron chi connectivity index (χ4n) is 1.77. The minimum atomic E-state index is -0.197. The van der Waals surface area contributed by atoms with Crippen molar-refractivity contribution in [3.05, 3.63) is 63.2 Å². The lowest BCUT2D eigenvalue weighted by Crippen LogP contribution is -2.19. The van der Waals surface area contributed by atoms with E-state index in [9.17, 15) is 4.79 Å². The number of rotatable bonds is 2. The number of amides is 1. The number of hydrogen-bond donors (Lipinski definition) is 1. The van der Waals surface area contributed by atoms with Crippen molar-refractivity contribution in [2.24, 2.45) is 4.99 Å². The molecular formula is C15H9Cl2N3OS. The average Bonchev–Trinajstić information content (AvgIpc) is 2.83. The second kappa shape index (κ2) is 6.52. The molecular weight excluding hydrogens is 341 g/mol. The first kappa shape index (κ1) is 15.1. The van der Waals surface area contributed by atoms with E-state index in [0.29, 0.717) is 25.8 Å². The van der Waals surface area contributed by atoms with Crippen LogP contribution in [0, 0.1) is 0 Å². The fourth-order valence-corrected chi connectivity index (χ4v) is 3.06. The molecule has 7 heteroatoms. The van der Waals surface area contributed by atoms with E-state index in [1.54, 1.807) is 36.7 Å². The summed E-state index contributed by atoms with van der Waals surface area (Å²) in [5, 5.41) is 4.15. The van der Waals surface area contributed by atoms with Gasteiger partial charge in [0.1, 0.15) is 0 Å². The van der Waals surface area contributed by atoms with E-state index in [1.807, 2.05) is 12.1 Å². The van der Waals surface area contributed by atoms with Crippen molar-refractivity contribution in [1.29, 1.82) is 0 Å². The molecule has 1 N–H and O–H groups in total. The van der Waals surface area contributed by atoms with Gasteiger partial charge in [-0.1, -0.05) is 29.3 Å². The van der Waals surface area contributed by atoms with E-state index < -0.39 is 0 Å². The third-order valence-corrected chi connectivity index (χ3v) is 4.21. The molecule has 1 aromatic carbocycles. The van der Waals surface area contributed by atoms with E-state index in [-0.39, 0.29) is 5.91 Å². The first-order valence-electron chi connectivity index (χ1n) is 6.26. The first-order chi connectivity index (χ1) is 10.6. The summed E-state index contributed by atoms with van der Waals surface area (Å²) in [7, 11) is 0. The number of carbonyl (C=O) groups excluding carboxylic acids is 1. The van der Waals surface area contributed by atoms with Crippen LogP contribution < -0.4 is 5.32 Å². The molecule has 22 heavy (non-hydrogen) atoms. The largest absolute Gasteiger partial charge is 0.300 e. The van der Waals surface area contributed by atoms with Crippen LogP contribution in [0.1, 0.15) is 5.56 Å². The number of halogens is 2. The first-order valence-corrected chi connectivity index (χ1v) is 7.84. The minimum Gasteiger partial charge on any atom is -0.300 e. The standard InChI is InChI=1S/C15H9Cl2N3OS/c16-10-3-4-12(11(17)7-10)19-15-20-14(21)13(22-15)6-9-2-1-5-18-8-9/h1-8H,(H,19,20,21)/b13-6+. The van der Waals surface area contributed by atoms with Crippen molar-refractivity contribution in [3.63, 3.8) is 0 Å². The predicted molar refractivity (Wildman–Crippen MR) is 91.5 cm³/mol. The number of benzene rings is 1. The van der Waals surface area contributed by atoms with E-state index in [0.717, 1.165) is 5.56 Å². The van der Waals surface area contributed by atoms with Crippen LogP contribution in [-0.2, 0) is 4.79 Å². The van der Waals surface area contributed by atoms with Gasteiger partial charge in [-0.2, -0.15) is 0 Å². The molecule has 4 nitrogen and oxygen atoms in total. The van der Waals surface area contributed by atoms with Crippen LogP contribution in [0.3, 0.4) is 0 Å². The van der Waals surface area contributed by atoms with Crippen LogP contribution in [0.5, 0.6) is 0 Å². The molecule has 0 aliphatic carbocycles. The number of nitrogens with zero attached hydrogens (tertiary/aromatic N) is 2. The lowest BCUT2D eigenvalue weighted by Gasteiger charge is -1.99. The number of amidine groups is 1. The molecule has 0 radical (unpaired) electrons. The summed E-state index contributed by atoms with van der Waals surface area (Å²) in [4.78, 5) is 20.9. The summed E-state index contributed by atoms with van der Waals surface area (Å²) in [6, 6.07) is 8.69. The highest BCUT2D eigenvalue weighted by molar-refractivity contribution is 8.18. The van der Waals surface area contributed by atoms with Gasteiger partial charge in [0.05, 0.1) is 15.6 Å². The molecule has 1 aliphatic heterocycles. The van der Waals surface area contributed by atoms with Gasteiger partial charge in [-0.25, -0.2) is 4.99 Å². The Balaban J connectivity index is 1.85. The molecule has 2 heterocycles. The summed E-state index contributed by atoms with van der Waals surface area (Å²) >= 11 is 13.2. The fraction of sp³-hybridized carbons (Fsp3) is 0. The summed E-state index contributed by atoms with van der Waals surface area (Å²) in [6.45, 7) is 0. The molecule has 0 saturated carbocycles. The SMILES string of the molecule is O=C1NC(=Nc2ccc(Cl)cc2Cl)S/C1=C/c1cccnc1.